The van der Waals surface area contributed by atoms with Crippen LogP contribution in [-0.4, -0.2) is 18.2 Å². The van der Waals surface area contributed by atoms with Crippen molar-refractivity contribution in [2.24, 2.45) is 5.10 Å². The number of anilines is 1. The molecular weight excluding hydrogens is 310 g/mol. The van der Waals surface area contributed by atoms with Crippen LogP contribution in [0.25, 0.3) is 6.08 Å². The lowest BCUT2D eigenvalue weighted by molar-refractivity contribution is -0.119. The van der Waals surface area contributed by atoms with E-state index in [9.17, 15) is 4.79 Å². The first-order valence-electron chi connectivity index (χ1n) is 7.20. The molecule has 0 heterocycles. The highest BCUT2D eigenvalue weighted by atomic mass is 35.5. The Kier molecular flexibility index (Phi) is 6.39. The van der Waals surface area contributed by atoms with Crippen LogP contribution in [0.4, 0.5) is 5.69 Å². The topological polar surface area (TPSA) is 53.5 Å². The highest BCUT2D eigenvalue weighted by Crippen LogP contribution is 2.19. The van der Waals surface area contributed by atoms with E-state index < -0.39 is 0 Å². The summed E-state index contributed by atoms with van der Waals surface area (Å²) in [5.41, 5.74) is 5.00. The Balaban J connectivity index is 1.81. The van der Waals surface area contributed by atoms with Gasteiger partial charge in [0.15, 0.2) is 0 Å². The van der Waals surface area contributed by atoms with Crippen LogP contribution >= 0.6 is 11.6 Å². The summed E-state index contributed by atoms with van der Waals surface area (Å²) < 4.78 is 0. The Morgan fingerprint density at radius 1 is 1.13 bits per heavy atom. The number of para-hydroxylation sites is 1. The van der Waals surface area contributed by atoms with Crippen molar-refractivity contribution in [3.63, 3.8) is 0 Å². The number of nitrogens with zero attached hydrogens (tertiary/aromatic N) is 1. The number of hydrogen-bond donors (Lipinski definition) is 2. The van der Waals surface area contributed by atoms with Crippen molar-refractivity contribution in [1.82, 2.24) is 5.43 Å². The minimum absolute atomic E-state index is 0.100. The first kappa shape index (κ1) is 16.8. The third-order valence-electron chi connectivity index (χ3n) is 2.99. The molecule has 0 atom stereocenters. The lowest BCUT2D eigenvalue weighted by Gasteiger charge is -2.06. The van der Waals surface area contributed by atoms with E-state index in [1.807, 2.05) is 67.6 Å². The molecule has 5 heteroatoms. The summed E-state index contributed by atoms with van der Waals surface area (Å²) >= 11 is 6.00. The van der Waals surface area contributed by atoms with Gasteiger partial charge in [-0.15, -0.1) is 0 Å². The van der Waals surface area contributed by atoms with Gasteiger partial charge < -0.3 is 5.32 Å². The van der Waals surface area contributed by atoms with Gasteiger partial charge in [-0.2, -0.15) is 5.10 Å². The fourth-order valence-corrected chi connectivity index (χ4v) is 1.99. The van der Waals surface area contributed by atoms with E-state index in [0.29, 0.717) is 16.4 Å². The highest BCUT2D eigenvalue weighted by molar-refractivity contribution is 6.33. The van der Waals surface area contributed by atoms with Gasteiger partial charge in [0.1, 0.15) is 0 Å². The van der Waals surface area contributed by atoms with Crippen molar-refractivity contribution in [2.45, 2.75) is 6.92 Å². The summed E-state index contributed by atoms with van der Waals surface area (Å²) in [4.78, 5) is 11.8. The molecule has 2 aromatic rings. The minimum Gasteiger partial charge on any atom is -0.375 e. The van der Waals surface area contributed by atoms with Crippen LogP contribution in [0, 0.1) is 0 Å². The van der Waals surface area contributed by atoms with Crippen LogP contribution in [0.15, 0.2) is 65.8 Å². The molecule has 2 rings (SSSR count). The number of hydrogen-bond acceptors (Lipinski definition) is 3. The summed E-state index contributed by atoms with van der Waals surface area (Å²) in [7, 11) is 0. The van der Waals surface area contributed by atoms with Crippen molar-refractivity contribution >= 4 is 35.0 Å². The van der Waals surface area contributed by atoms with Crippen molar-refractivity contribution in [3.8, 4) is 0 Å². The van der Waals surface area contributed by atoms with E-state index in [4.69, 9.17) is 11.6 Å². The maximum atomic E-state index is 11.8. The fraction of sp³-hybridized carbons (Fsp3) is 0.111. The standard InChI is InChI=1S/C18H18ClN3O/c1-14(11-12-15-7-3-2-4-8-15)21-22-18(23)13-20-17-10-6-5-9-16(17)19/h2-12,20H,13H2,1H3,(H,22,23)/b12-11+,21-14?. The molecule has 4 nitrogen and oxygen atoms in total. The summed E-state index contributed by atoms with van der Waals surface area (Å²) in [5, 5.41) is 7.57. The maximum absolute atomic E-state index is 11.8. The zero-order valence-corrected chi connectivity index (χ0v) is 13.5. The molecule has 2 N–H and O–H groups in total. The Morgan fingerprint density at radius 2 is 1.83 bits per heavy atom. The second-order valence-electron chi connectivity index (χ2n) is 4.87. The second-order valence-corrected chi connectivity index (χ2v) is 5.27. The van der Waals surface area contributed by atoms with Crippen LogP contribution in [0.1, 0.15) is 12.5 Å². The molecule has 118 valence electrons. The normalized spacial score (nSPS) is 11.5. The van der Waals surface area contributed by atoms with Gasteiger partial charge >= 0.3 is 0 Å². The van der Waals surface area contributed by atoms with E-state index in [1.54, 1.807) is 6.07 Å². The second kappa shape index (κ2) is 8.76. The summed E-state index contributed by atoms with van der Waals surface area (Å²) in [6.07, 6.45) is 3.78. The molecule has 0 saturated heterocycles. The molecule has 1 amide bonds. The van der Waals surface area contributed by atoms with Crippen molar-refractivity contribution < 1.29 is 4.79 Å². The van der Waals surface area contributed by atoms with Gasteiger partial charge in [0.25, 0.3) is 5.91 Å². The molecule has 0 aliphatic rings. The van der Waals surface area contributed by atoms with E-state index in [-0.39, 0.29) is 12.5 Å². The molecule has 0 unspecified atom stereocenters. The molecule has 0 fully saturated rings. The maximum Gasteiger partial charge on any atom is 0.259 e. The number of carbonyl (C=O) groups is 1. The van der Waals surface area contributed by atoms with Crippen LogP contribution in [0.2, 0.25) is 5.02 Å². The summed E-state index contributed by atoms with van der Waals surface area (Å²) in [5.74, 6) is -0.239. The Labute approximate surface area is 140 Å². The number of allylic oxidation sites excluding steroid dienone is 1. The van der Waals surface area contributed by atoms with Crippen molar-refractivity contribution in [2.75, 3.05) is 11.9 Å². The van der Waals surface area contributed by atoms with Crippen LogP contribution in [-0.2, 0) is 4.79 Å². The molecule has 23 heavy (non-hydrogen) atoms. The molecule has 0 aliphatic carbocycles. The van der Waals surface area contributed by atoms with Gasteiger partial charge in [-0.1, -0.05) is 60.1 Å². The Bertz CT molecular complexity index is 711. The molecule has 0 radical (unpaired) electrons. The quantitative estimate of drug-likeness (QED) is 0.623. The van der Waals surface area contributed by atoms with E-state index in [1.165, 1.54) is 0 Å². The molecule has 0 aromatic heterocycles. The average Bonchev–Trinajstić information content (AvgIpc) is 2.58. The first-order valence-corrected chi connectivity index (χ1v) is 7.57. The smallest absolute Gasteiger partial charge is 0.259 e. The van der Waals surface area contributed by atoms with E-state index >= 15 is 0 Å². The Morgan fingerprint density at radius 3 is 2.57 bits per heavy atom. The van der Waals surface area contributed by atoms with Gasteiger partial charge in [0.2, 0.25) is 0 Å². The molecule has 0 saturated carbocycles. The third kappa shape index (κ3) is 5.96. The van der Waals surface area contributed by atoms with Crippen LogP contribution in [0.5, 0.6) is 0 Å². The number of halogens is 1. The summed E-state index contributed by atoms with van der Waals surface area (Å²) in [6.45, 7) is 1.92. The molecule has 0 spiro atoms. The lowest BCUT2D eigenvalue weighted by atomic mass is 10.2. The lowest BCUT2D eigenvalue weighted by Crippen LogP contribution is -2.26. The van der Waals surface area contributed by atoms with Crippen molar-refractivity contribution in [1.29, 1.82) is 0 Å². The fourth-order valence-electron chi connectivity index (χ4n) is 1.79. The molecule has 2 aromatic carbocycles. The van der Waals surface area contributed by atoms with Crippen molar-refractivity contribution in [3.05, 3.63) is 71.3 Å². The zero-order valence-electron chi connectivity index (χ0n) is 12.8. The van der Waals surface area contributed by atoms with Gasteiger partial charge in [-0.3, -0.25) is 4.79 Å². The largest absolute Gasteiger partial charge is 0.375 e. The van der Waals surface area contributed by atoms with Crippen LogP contribution in [0.3, 0.4) is 0 Å². The predicted molar refractivity (Wildman–Crippen MR) is 96.7 cm³/mol. The van der Waals surface area contributed by atoms with Crippen LogP contribution < -0.4 is 10.7 Å². The van der Waals surface area contributed by atoms with Gasteiger partial charge in [0.05, 0.1) is 23.0 Å². The molecule has 0 bridgehead atoms. The summed E-state index contributed by atoms with van der Waals surface area (Å²) in [6, 6.07) is 17.1. The highest BCUT2D eigenvalue weighted by Gasteiger charge is 2.02. The van der Waals surface area contributed by atoms with E-state index in [0.717, 1.165) is 5.56 Å². The first-order chi connectivity index (χ1) is 11.1. The SMILES string of the molecule is CC(/C=C/c1ccccc1)=NNC(=O)CNc1ccccc1Cl. The monoisotopic (exact) mass is 327 g/mol. The van der Waals surface area contributed by atoms with E-state index in [2.05, 4.69) is 15.8 Å². The van der Waals surface area contributed by atoms with Gasteiger partial charge in [-0.05, 0) is 30.7 Å². The number of benzene rings is 2. The minimum atomic E-state index is -0.239. The third-order valence-corrected chi connectivity index (χ3v) is 3.32. The molecular formula is C18H18ClN3O. The number of carbonyl (C=O) groups excluding carboxylic acids is 1. The average molecular weight is 328 g/mol. The zero-order chi connectivity index (χ0) is 16.5. The Hall–Kier alpha value is -2.59. The number of amides is 1. The van der Waals surface area contributed by atoms with Gasteiger partial charge in [-0.25, -0.2) is 5.43 Å². The molecule has 0 aliphatic heterocycles. The predicted octanol–water partition coefficient (Wildman–Crippen LogP) is 3.96. The number of rotatable bonds is 6. The number of hydrazone groups is 1. The number of nitrogens with one attached hydrogen (secondary N) is 2. The van der Waals surface area contributed by atoms with Gasteiger partial charge in [0, 0.05) is 0 Å².